The summed E-state index contributed by atoms with van der Waals surface area (Å²) < 4.78 is 4.93. The number of hydrogen-bond acceptors (Lipinski definition) is 4. The van der Waals surface area contributed by atoms with Crippen LogP contribution in [0.4, 0.5) is 4.79 Å². The van der Waals surface area contributed by atoms with E-state index in [-0.39, 0.29) is 5.97 Å². The number of fused-ring (bicyclic) bond motifs is 1. The molecule has 2 amide bonds. The molecule has 2 rings (SSSR count). The molecular formula is C11H11N3O3. The average molecular weight is 233 g/mol. The maximum Gasteiger partial charge on any atom is 0.338 e. The van der Waals surface area contributed by atoms with Gasteiger partial charge in [0.05, 0.1) is 18.4 Å². The van der Waals surface area contributed by atoms with Crippen LogP contribution in [0.15, 0.2) is 23.3 Å². The van der Waals surface area contributed by atoms with Crippen LogP contribution in [-0.4, -0.2) is 24.8 Å². The van der Waals surface area contributed by atoms with Crippen molar-refractivity contribution in [3.8, 4) is 0 Å². The molecule has 0 fully saturated rings. The van der Waals surface area contributed by atoms with Crippen molar-refractivity contribution in [1.29, 1.82) is 0 Å². The van der Waals surface area contributed by atoms with Crippen LogP contribution in [-0.2, 0) is 11.2 Å². The Balaban J connectivity index is 2.29. The number of rotatable bonds is 2. The van der Waals surface area contributed by atoms with Crippen molar-refractivity contribution in [2.24, 2.45) is 10.8 Å². The van der Waals surface area contributed by atoms with Crippen molar-refractivity contribution in [1.82, 2.24) is 5.43 Å². The molecule has 1 heterocycles. The fraction of sp³-hybridized carbons (Fsp3) is 0.182. The van der Waals surface area contributed by atoms with Crippen LogP contribution < -0.4 is 11.2 Å². The summed E-state index contributed by atoms with van der Waals surface area (Å²) in [5, 5.41) is 3.67. The summed E-state index contributed by atoms with van der Waals surface area (Å²) in [6.07, 6.45) is 2.10. The molecule has 0 aromatic heterocycles. The third-order valence-corrected chi connectivity index (χ3v) is 2.40. The van der Waals surface area contributed by atoms with E-state index in [0.717, 1.165) is 11.1 Å². The average Bonchev–Trinajstić information content (AvgIpc) is 2.30. The van der Waals surface area contributed by atoms with Gasteiger partial charge in [-0.15, -0.1) is 0 Å². The zero-order chi connectivity index (χ0) is 12.3. The number of nitrogens with zero attached hydrogens (tertiary/aromatic N) is 1. The highest BCUT2D eigenvalue weighted by atomic mass is 16.5. The molecule has 6 heteroatoms. The minimum atomic E-state index is -0.731. The van der Waals surface area contributed by atoms with E-state index in [1.54, 1.807) is 12.1 Å². The molecule has 0 radical (unpaired) electrons. The van der Waals surface area contributed by atoms with Crippen molar-refractivity contribution in [2.75, 3.05) is 6.61 Å². The van der Waals surface area contributed by atoms with Gasteiger partial charge in [0.15, 0.2) is 0 Å². The van der Waals surface area contributed by atoms with E-state index in [9.17, 15) is 9.59 Å². The molecule has 0 atom stereocenters. The predicted molar refractivity (Wildman–Crippen MR) is 60.7 cm³/mol. The number of carbonyl (C=O) groups is 2. The number of ether oxygens (including phenoxy) is 1. The fourth-order valence-corrected chi connectivity index (χ4v) is 1.68. The Morgan fingerprint density at radius 1 is 1.53 bits per heavy atom. The molecular weight excluding hydrogens is 222 g/mol. The first-order valence-corrected chi connectivity index (χ1v) is 5.06. The summed E-state index contributed by atoms with van der Waals surface area (Å²) in [6.45, 7) is 0.361. The van der Waals surface area contributed by atoms with Gasteiger partial charge < -0.3 is 10.5 Å². The number of nitrogens with two attached hydrogens (primary N) is 1. The lowest BCUT2D eigenvalue weighted by atomic mass is 9.97. The summed E-state index contributed by atoms with van der Waals surface area (Å²) in [5.41, 5.74) is 9.17. The Kier molecular flexibility index (Phi) is 3.04. The van der Waals surface area contributed by atoms with E-state index in [0.29, 0.717) is 18.6 Å². The summed E-state index contributed by atoms with van der Waals surface area (Å²) in [4.78, 5) is 21.9. The van der Waals surface area contributed by atoms with Crippen molar-refractivity contribution in [3.63, 3.8) is 0 Å². The van der Waals surface area contributed by atoms with E-state index in [4.69, 9.17) is 10.5 Å². The van der Waals surface area contributed by atoms with Gasteiger partial charge in [0.1, 0.15) is 0 Å². The molecule has 6 nitrogen and oxygen atoms in total. The molecule has 3 N–H and O–H groups in total. The van der Waals surface area contributed by atoms with Gasteiger partial charge in [0.25, 0.3) is 0 Å². The quantitative estimate of drug-likeness (QED) is 0.440. The number of amides is 2. The van der Waals surface area contributed by atoms with Crippen molar-refractivity contribution < 1.29 is 14.3 Å². The van der Waals surface area contributed by atoms with Crippen LogP contribution in [0.1, 0.15) is 21.5 Å². The number of cyclic esters (lactones) is 1. The highest BCUT2D eigenvalue weighted by Gasteiger charge is 2.19. The van der Waals surface area contributed by atoms with Crippen LogP contribution in [0, 0.1) is 0 Å². The van der Waals surface area contributed by atoms with Gasteiger partial charge in [0.2, 0.25) is 0 Å². The largest absolute Gasteiger partial charge is 0.462 e. The Morgan fingerprint density at radius 3 is 3.12 bits per heavy atom. The van der Waals surface area contributed by atoms with Crippen molar-refractivity contribution in [2.45, 2.75) is 6.42 Å². The lowest BCUT2D eigenvalue weighted by molar-refractivity contribution is 0.0480. The molecule has 1 aromatic carbocycles. The Hall–Kier alpha value is -2.37. The molecule has 0 saturated heterocycles. The van der Waals surface area contributed by atoms with E-state index in [2.05, 4.69) is 10.5 Å². The van der Waals surface area contributed by atoms with E-state index in [1.165, 1.54) is 6.21 Å². The van der Waals surface area contributed by atoms with E-state index >= 15 is 0 Å². The smallest absolute Gasteiger partial charge is 0.338 e. The van der Waals surface area contributed by atoms with Crippen molar-refractivity contribution in [3.05, 3.63) is 34.9 Å². The molecule has 0 unspecified atom stereocenters. The molecule has 0 bridgehead atoms. The number of hydrazone groups is 1. The lowest BCUT2D eigenvalue weighted by Gasteiger charge is -2.17. The fourth-order valence-electron chi connectivity index (χ4n) is 1.68. The third kappa shape index (κ3) is 2.41. The number of hydrogen-bond donors (Lipinski definition) is 2. The monoisotopic (exact) mass is 233 g/mol. The van der Waals surface area contributed by atoms with Gasteiger partial charge in [-0.05, 0) is 17.2 Å². The van der Waals surface area contributed by atoms with Gasteiger partial charge in [0, 0.05) is 6.42 Å². The Bertz CT molecular complexity index is 497. The van der Waals surface area contributed by atoms with Crippen LogP contribution in [0.2, 0.25) is 0 Å². The first-order valence-electron chi connectivity index (χ1n) is 5.06. The minimum Gasteiger partial charge on any atom is -0.462 e. The first kappa shape index (κ1) is 11.1. The Morgan fingerprint density at radius 2 is 2.35 bits per heavy atom. The highest BCUT2D eigenvalue weighted by molar-refractivity contribution is 5.96. The van der Waals surface area contributed by atoms with Crippen LogP contribution in [0.3, 0.4) is 0 Å². The van der Waals surface area contributed by atoms with Gasteiger partial charge >= 0.3 is 12.0 Å². The van der Waals surface area contributed by atoms with Crippen LogP contribution >= 0.6 is 0 Å². The summed E-state index contributed by atoms with van der Waals surface area (Å²) in [7, 11) is 0. The van der Waals surface area contributed by atoms with Gasteiger partial charge in [-0.25, -0.2) is 15.0 Å². The summed E-state index contributed by atoms with van der Waals surface area (Å²) in [5.74, 6) is -0.329. The van der Waals surface area contributed by atoms with Gasteiger partial charge in [-0.2, -0.15) is 5.10 Å². The molecule has 17 heavy (non-hydrogen) atoms. The second kappa shape index (κ2) is 4.65. The number of carbonyl (C=O) groups excluding carboxylic acids is 2. The van der Waals surface area contributed by atoms with E-state index in [1.807, 2.05) is 6.07 Å². The highest BCUT2D eigenvalue weighted by Crippen LogP contribution is 2.19. The standard InChI is InChI=1S/C11H11N3O3/c12-11(16)14-13-6-7-2-1-3-9-8(7)4-5-17-10(9)15/h1-3,6H,4-5H2,(H3,12,14,16). The van der Waals surface area contributed by atoms with Crippen LogP contribution in [0.5, 0.6) is 0 Å². The molecule has 0 aliphatic carbocycles. The van der Waals surface area contributed by atoms with E-state index < -0.39 is 6.03 Å². The lowest BCUT2D eigenvalue weighted by Crippen LogP contribution is -2.24. The summed E-state index contributed by atoms with van der Waals surface area (Å²) in [6, 6.07) is 4.52. The third-order valence-electron chi connectivity index (χ3n) is 2.40. The topological polar surface area (TPSA) is 93.8 Å². The maximum absolute atomic E-state index is 11.5. The normalized spacial score (nSPS) is 14.2. The number of nitrogens with one attached hydrogen (secondary N) is 1. The SMILES string of the molecule is NC(=O)NN=Cc1cccc2c1CCOC2=O. The Labute approximate surface area is 97.4 Å². The zero-order valence-corrected chi connectivity index (χ0v) is 8.97. The van der Waals surface area contributed by atoms with Gasteiger partial charge in [-0.1, -0.05) is 12.1 Å². The number of urea groups is 1. The second-order valence-corrected chi connectivity index (χ2v) is 3.49. The predicted octanol–water partition coefficient (Wildman–Crippen LogP) is 0.402. The second-order valence-electron chi connectivity index (χ2n) is 3.49. The molecule has 0 saturated carbocycles. The van der Waals surface area contributed by atoms with Crippen LogP contribution in [0.25, 0.3) is 0 Å². The molecule has 1 aliphatic rings. The molecule has 0 spiro atoms. The molecule has 1 aromatic rings. The molecule has 1 aliphatic heterocycles. The first-order chi connectivity index (χ1) is 8.18. The van der Waals surface area contributed by atoms with Gasteiger partial charge in [-0.3, -0.25) is 0 Å². The number of primary amides is 1. The minimum absolute atomic E-state index is 0.329. The molecule has 88 valence electrons. The zero-order valence-electron chi connectivity index (χ0n) is 8.97. The maximum atomic E-state index is 11.5. The number of benzene rings is 1. The van der Waals surface area contributed by atoms with Crippen molar-refractivity contribution >= 4 is 18.2 Å². The summed E-state index contributed by atoms with van der Waals surface area (Å²) >= 11 is 0. The number of esters is 1.